The molecule has 0 saturated heterocycles. The summed E-state index contributed by atoms with van der Waals surface area (Å²) in [5, 5.41) is 14.6. The average molecular weight is 273 g/mol. The first-order chi connectivity index (χ1) is 9.63. The van der Waals surface area contributed by atoms with Crippen LogP contribution in [0, 0.1) is 27.9 Å². The van der Waals surface area contributed by atoms with Gasteiger partial charge in [0.15, 0.2) is 0 Å². The lowest BCUT2D eigenvalue weighted by atomic mass is 9.53. The van der Waals surface area contributed by atoms with Crippen molar-refractivity contribution in [1.29, 1.82) is 0 Å². The summed E-state index contributed by atoms with van der Waals surface area (Å²) in [5.41, 5.74) is 0.164. The van der Waals surface area contributed by atoms with Gasteiger partial charge in [-0.3, -0.25) is 10.1 Å². The molecule has 4 aliphatic rings. The number of anilines is 1. The molecule has 0 unspecified atom stereocenters. The quantitative estimate of drug-likeness (QED) is 0.677. The molecule has 106 valence electrons. The molecule has 0 radical (unpaired) electrons. The van der Waals surface area contributed by atoms with Crippen molar-refractivity contribution in [2.75, 3.05) is 5.32 Å². The van der Waals surface area contributed by atoms with E-state index >= 15 is 0 Å². The molecule has 1 heterocycles. The van der Waals surface area contributed by atoms with E-state index in [2.05, 4.69) is 10.3 Å². The van der Waals surface area contributed by atoms with E-state index in [0.717, 1.165) is 37.0 Å². The van der Waals surface area contributed by atoms with E-state index in [1.54, 1.807) is 12.3 Å². The summed E-state index contributed by atoms with van der Waals surface area (Å²) in [7, 11) is 0. The fraction of sp³-hybridized carbons (Fsp3) is 0.667. The Balaban J connectivity index is 1.64. The minimum absolute atomic E-state index is 0.0634. The lowest BCUT2D eigenvalue weighted by Crippen LogP contribution is -2.54. The third-order valence-corrected chi connectivity index (χ3v) is 5.40. The molecule has 20 heavy (non-hydrogen) atoms. The summed E-state index contributed by atoms with van der Waals surface area (Å²) in [5.74, 6) is 2.91. The molecule has 0 amide bonds. The second-order valence-electron chi connectivity index (χ2n) is 6.95. The molecule has 5 heteroatoms. The molecule has 5 nitrogen and oxygen atoms in total. The molecule has 4 bridgehead atoms. The monoisotopic (exact) mass is 273 g/mol. The molecular formula is C15H19N3O2. The fourth-order valence-corrected chi connectivity index (χ4v) is 5.16. The highest BCUT2D eigenvalue weighted by Gasteiger charge is 2.51. The van der Waals surface area contributed by atoms with Gasteiger partial charge in [-0.15, -0.1) is 0 Å². The number of nitro groups is 1. The maximum absolute atomic E-state index is 11.1. The van der Waals surface area contributed by atoms with Crippen LogP contribution in [0.15, 0.2) is 18.3 Å². The van der Waals surface area contributed by atoms with Crippen LogP contribution in [0.1, 0.15) is 38.5 Å². The first kappa shape index (κ1) is 12.1. The van der Waals surface area contributed by atoms with E-state index in [1.165, 1.54) is 25.3 Å². The summed E-state index contributed by atoms with van der Waals surface area (Å²) in [4.78, 5) is 15.0. The standard InChI is InChI=1S/C15H19N3O2/c19-18(20)13-2-1-3-16-14(13)17-15-7-10-4-11(8-15)6-12(5-10)9-15/h1-3,10-12H,4-9H2,(H,16,17). The number of rotatable bonds is 3. The fourth-order valence-electron chi connectivity index (χ4n) is 5.16. The summed E-state index contributed by atoms with van der Waals surface area (Å²) < 4.78 is 0. The van der Waals surface area contributed by atoms with Crippen LogP contribution < -0.4 is 5.32 Å². The van der Waals surface area contributed by atoms with E-state index in [-0.39, 0.29) is 16.1 Å². The summed E-state index contributed by atoms with van der Waals surface area (Å²) >= 11 is 0. The Morgan fingerprint density at radius 2 is 1.80 bits per heavy atom. The van der Waals surface area contributed by atoms with E-state index < -0.39 is 0 Å². The molecule has 0 atom stereocenters. The Hall–Kier alpha value is -1.65. The zero-order valence-corrected chi connectivity index (χ0v) is 11.4. The van der Waals surface area contributed by atoms with E-state index in [9.17, 15) is 10.1 Å². The van der Waals surface area contributed by atoms with E-state index in [4.69, 9.17) is 0 Å². The van der Waals surface area contributed by atoms with Crippen molar-refractivity contribution in [2.45, 2.75) is 44.1 Å². The van der Waals surface area contributed by atoms with Gasteiger partial charge in [0.05, 0.1) is 4.92 Å². The lowest BCUT2D eigenvalue weighted by Gasteiger charge is -2.57. The topological polar surface area (TPSA) is 68.1 Å². The summed E-state index contributed by atoms with van der Waals surface area (Å²) in [6.45, 7) is 0. The zero-order valence-electron chi connectivity index (χ0n) is 11.4. The van der Waals surface area contributed by atoms with Gasteiger partial charge in [-0.05, 0) is 62.3 Å². The first-order valence-electron chi connectivity index (χ1n) is 7.51. The first-order valence-corrected chi connectivity index (χ1v) is 7.51. The van der Waals surface area contributed by atoms with Crippen LogP contribution >= 0.6 is 0 Å². The van der Waals surface area contributed by atoms with Crippen LogP contribution in [0.3, 0.4) is 0 Å². The molecule has 0 aliphatic heterocycles. The van der Waals surface area contributed by atoms with Crippen LogP contribution in [0.5, 0.6) is 0 Å². The van der Waals surface area contributed by atoms with Crippen molar-refractivity contribution >= 4 is 11.5 Å². The number of nitrogens with one attached hydrogen (secondary N) is 1. The molecule has 1 N–H and O–H groups in total. The Morgan fingerprint density at radius 3 is 2.35 bits per heavy atom. The predicted molar refractivity (Wildman–Crippen MR) is 75.4 cm³/mol. The Bertz CT molecular complexity index is 523. The SMILES string of the molecule is O=[N+]([O-])c1cccnc1NC12CC3CC(CC(C3)C1)C2. The van der Waals surface area contributed by atoms with Crippen molar-refractivity contribution < 1.29 is 4.92 Å². The number of hydrogen-bond acceptors (Lipinski definition) is 4. The molecule has 1 aromatic rings. The van der Waals surface area contributed by atoms with Crippen molar-refractivity contribution in [3.8, 4) is 0 Å². The number of pyridine rings is 1. The van der Waals surface area contributed by atoms with Gasteiger partial charge in [-0.2, -0.15) is 0 Å². The third-order valence-electron chi connectivity index (χ3n) is 5.40. The minimum Gasteiger partial charge on any atom is -0.359 e. The molecule has 5 rings (SSSR count). The van der Waals surface area contributed by atoms with Crippen LogP contribution in [0.25, 0.3) is 0 Å². The number of nitrogens with zero attached hydrogens (tertiary/aromatic N) is 2. The molecule has 1 aromatic heterocycles. The van der Waals surface area contributed by atoms with Gasteiger partial charge in [0.25, 0.3) is 0 Å². The van der Waals surface area contributed by atoms with Gasteiger partial charge < -0.3 is 5.32 Å². The maximum atomic E-state index is 11.1. The average Bonchev–Trinajstić information content (AvgIpc) is 2.36. The van der Waals surface area contributed by atoms with Gasteiger partial charge >= 0.3 is 5.69 Å². The second kappa shape index (κ2) is 4.17. The highest BCUT2D eigenvalue weighted by Crippen LogP contribution is 2.56. The molecule has 4 saturated carbocycles. The summed E-state index contributed by atoms with van der Waals surface area (Å²) in [6.07, 6.45) is 9.21. The van der Waals surface area contributed by atoms with Crippen LogP contribution in [0.4, 0.5) is 11.5 Å². The van der Waals surface area contributed by atoms with Crippen LogP contribution in [-0.2, 0) is 0 Å². The van der Waals surface area contributed by atoms with E-state index in [1.807, 2.05) is 0 Å². The molecule has 4 aliphatic carbocycles. The Kier molecular flexibility index (Phi) is 2.53. The normalized spacial score (nSPS) is 37.9. The molecule has 0 aromatic carbocycles. The second-order valence-corrected chi connectivity index (χ2v) is 6.95. The van der Waals surface area contributed by atoms with Crippen LogP contribution in [-0.4, -0.2) is 15.4 Å². The molecule has 0 spiro atoms. The van der Waals surface area contributed by atoms with Crippen molar-refractivity contribution in [3.05, 3.63) is 28.4 Å². The van der Waals surface area contributed by atoms with E-state index in [0.29, 0.717) is 5.82 Å². The van der Waals surface area contributed by atoms with Crippen molar-refractivity contribution in [1.82, 2.24) is 4.98 Å². The third kappa shape index (κ3) is 1.87. The highest BCUT2D eigenvalue weighted by molar-refractivity contribution is 5.57. The van der Waals surface area contributed by atoms with Crippen molar-refractivity contribution in [3.63, 3.8) is 0 Å². The highest BCUT2D eigenvalue weighted by atomic mass is 16.6. The van der Waals surface area contributed by atoms with Gasteiger partial charge in [0.2, 0.25) is 5.82 Å². The zero-order chi connectivity index (χ0) is 13.7. The molecule has 4 fully saturated rings. The predicted octanol–water partition coefficient (Wildman–Crippen LogP) is 3.37. The van der Waals surface area contributed by atoms with Gasteiger partial charge in [0, 0.05) is 17.8 Å². The van der Waals surface area contributed by atoms with Crippen LogP contribution in [0.2, 0.25) is 0 Å². The summed E-state index contributed by atoms with van der Waals surface area (Å²) in [6, 6.07) is 3.17. The Morgan fingerprint density at radius 1 is 1.20 bits per heavy atom. The van der Waals surface area contributed by atoms with Crippen molar-refractivity contribution in [2.24, 2.45) is 17.8 Å². The number of hydrogen-bond donors (Lipinski definition) is 1. The lowest BCUT2D eigenvalue weighted by molar-refractivity contribution is -0.384. The smallest absolute Gasteiger partial charge is 0.311 e. The minimum atomic E-state index is -0.337. The largest absolute Gasteiger partial charge is 0.359 e. The molecular weight excluding hydrogens is 254 g/mol. The maximum Gasteiger partial charge on any atom is 0.311 e. The van der Waals surface area contributed by atoms with Gasteiger partial charge in [-0.1, -0.05) is 0 Å². The van der Waals surface area contributed by atoms with Gasteiger partial charge in [0.1, 0.15) is 0 Å². The number of aromatic nitrogens is 1. The Labute approximate surface area is 117 Å². The van der Waals surface area contributed by atoms with Gasteiger partial charge in [-0.25, -0.2) is 4.98 Å².